The predicted octanol–water partition coefficient (Wildman–Crippen LogP) is -2.96. The summed E-state index contributed by atoms with van der Waals surface area (Å²) in [6.45, 7) is -0.691. The monoisotopic (exact) mass is 785 g/mol. The largest absolute Gasteiger partial charge is 0.508 e. The van der Waals surface area contributed by atoms with Crippen LogP contribution in [0.25, 0.3) is 0 Å². The lowest BCUT2D eigenvalue weighted by Crippen LogP contribution is -2.59. The van der Waals surface area contributed by atoms with E-state index in [1.54, 1.807) is 30.3 Å². The average molecular weight is 786 g/mol. The fourth-order valence-corrected chi connectivity index (χ4v) is 5.11. The summed E-state index contributed by atoms with van der Waals surface area (Å²) in [5, 5.41) is 49.2. The third-order valence-electron chi connectivity index (χ3n) is 7.93. The zero-order valence-corrected chi connectivity index (χ0v) is 30.2. The fourth-order valence-electron chi connectivity index (χ4n) is 5.11. The second-order valence-corrected chi connectivity index (χ2v) is 12.5. The van der Waals surface area contributed by atoms with Gasteiger partial charge < -0.3 is 64.2 Å². The molecule has 2 rings (SSSR count). The van der Waals surface area contributed by atoms with E-state index in [2.05, 4.69) is 31.6 Å². The maximum absolute atomic E-state index is 13.9. The number of amides is 5. The number of carbonyl (C=O) groups excluding carboxylic acids is 5. The van der Waals surface area contributed by atoms with E-state index in [4.69, 9.17) is 27.4 Å². The van der Waals surface area contributed by atoms with Gasteiger partial charge in [0.1, 0.15) is 36.5 Å². The van der Waals surface area contributed by atoms with Crippen LogP contribution in [0.3, 0.4) is 0 Å². The topological polar surface area (TPSA) is 368 Å². The maximum atomic E-state index is 13.9. The molecule has 21 nitrogen and oxygen atoms in total. The van der Waals surface area contributed by atoms with Crippen LogP contribution in [0.2, 0.25) is 0 Å². The SMILES string of the molecule is NC(N)=NCCC[C@H](NC(=O)[C@H](Cc1ccccc1)NC(=O)[C@H](CCC(=O)O)NC(=O)[C@H](Cc1ccc(O)cc1)NC(=O)[C@@H](N)CC(=O)O)C(=O)NCC(=O)O. The average Bonchev–Trinajstić information content (AvgIpc) is 3.13. The van der Waals surface area contributed by atoms with Crippen molar-refractivity contribution in [1.82, 2.24) is 26.6 Å². The number of carbonyl (C=O) groups is 8. The van der Waals surface area contributed by atoms with Gasteiger partial charge in [-0.3, -0.25) is 43.3 Å². The molecule has 0 aromatic heterocycles. The Morgan fingerprint density at radius 1 is 0.607 bits per heavy atom. The van der Waals surface area contributed by atoms with E-state index in [9.17, 15) is 48.6 Å². The van der Waals surface area contributed by atoms with E-state index in [1.165, 1.54) is 24.3 Å². The molecule has 0 bridgehead atoms. The van der Waals surface area contributed by atoms with Crippen molar-refractivity contribution in [2.24, 2.45) is 22.2 Å². The van der Waals surface area contributed by atoms with Crippen molar-refractivity contribution in [1.29, 1.82) is 0 Å². The Labute approximate surface area is 320 Å². The number of phenols is 1. The van der Waals surface area contributed by atoms with Crippen LogP contribution in [0.1, 0.15) is 43.2 Å². The van der Waals surface area contributed by atoms with Crippen molar-refractivity contribution in [2.45, 2.75) is 75.2 Å². The quantitative estimate of drug-likeness (QED) is 0.0287. The Morgan fingerprint density at radius 3 is 1.62 bits per heavy atom. The summed E-state index contributed by atoms with van der Waals surface area (Å²) in [6.07, 6.45) is -2.17. The van der Waals surface area contributed by atoms with Gasteiger partial charge in [-0.2, -0.15) is 0 Å². The van der Waals surface area contributed by atoms with Gasteiger partial charge in [-0.15, -0.1) is 0 Å². The molecule has 56 heavy (non-hydrogen) atoms. The number of phenolic OH excluding ortho intramolecular Hbond substituents is 1. The molecule has 2 aromatic carbocycles. The normalized spacial score (nSPS) is 13.3. The second-order valence-electron chi connectivity index (χ2n) is 12.5. The number of hydrogen-bond acceptors (Lipinski definition) is 11. The molecule has 0 heterocycles. The van der Waals surface area contributed by atoms with Gasteiger partial charge in [-0.25, -0.2) is 0 Å². The van der Waals surface area contributed by atoms with Gasteiger partial charge in [0.05, 0.1) is 12.5 Å². The summed E-state index contributed by atoms with van der Waals surface area (Å²) in [5.41, 5.74) is 17.4. The highest BCUT2D eigenvalue weighted by Crippen LogP contribution is 2.13. The molecule has 304 valence electrons. The first-order valence-corrected chi connectivity index (χ1v) is 17.2. The number of carboxylic acid groups (broad SMARTS) is 3. The number of aliphatic carboxylic acids is 3. The fraction of sp³-hybridized carbons (Fsp3) is 0.400. The molecule has 5 atom stereocenters. The molecule has 0 saturated heterocycles. The molecule has 0 aliphatic carbocycles. The molecule has 0 fully saturated rings. The number of aromatic hydroxyl groups is 1. The highest BCUT2D eigenvalue weighted by atomic mass is 16.4. The zero-order chi connectivity index (χ0) is 41.8. The third kappa shape index (κ3) is 17.4. The summed E-state index contributed by atoms with van der Waals surface area (Å²) in [7, 11) is 0. The van der Waals surface area contributed by atoms with Crippen molar-refractivity contribution >= 4 is 53.4 Å². The molecule has 2 aromatic rings. The maximum Gasteiger partial charge on any atom is 0.322 e. The molecular weight excluding hydrogens is 738 g/mol. The highest BCUT2D eigenvalue weighted by Gasteiger charge is 2.33. The Morgan fingerprint density at radius 2 is 1.11 bits per heavy atom. The Bertz CT molecular complexity index is 1720. The Balaban J connectivity index is 2.42. The number of rotatable bonds is 24. The van der Waals surface area contributed by atoms with Crippen LogP contribution in [-0.2, 0) is 51.2 Å². The molecule has 0 unspecified atom stereocenters. The molecule has 5 amide bonds. The van der Waals surface area contributed by atoms with Gasteiger partial charge in [0, 0.05) is 25.8 Å². The summed E-state index contributed by atoms with van der Waals surface area (Å²) in [4.78, 5) is 105. The van der Waals surface area contributed by atoms with E-state index >= 15 is 0 Å². The number of nitrogens with one attached hydrogen (secondary N) is 5. The zero-order valence-electron chi connectivity index (χ0n) is 30.2. The van der Waals surface area contributed by atoms with Gasteiger partial charge in [-0.05, 0) is 42.5 Å². The van der Waals surface area contributed by atoms with Crippen molar-refractivity contribution in [2.75, 3.05) is 13.1 Å². The number of nitrogens with two attached hydrogens (primary N) is 3. The number of aliphatic imine (C=N–C) groups is 1. The Hall–Kier alpha value is -6.77. The van der Waals surface area contributed by atoms with E-state index in [0.29, 0.717) is 11.1 Å². The van der Waals surface area contributed by atoms with Crippen LogP contribution in [0.5, 0.6) is 5.75 Å². The number of guanidine groups is 1. The van der Waals surface area contributed by atoms with Gasteiger partial charge in [-0.1, -0.05) is 42.5 Å². The van der Waals surface area contributed by atoms with Gasteiger partial charge in [0.25, 0.3) is 0 Å². The first kappa shape index (κ1) is 45.4. The van der Waals surface area contributed by atoms with Crippen molar-refractivity contribution in [3.8, 4) is 5.75 Å². The molecule has 21 heteroatoms. The smallest absolute Gasteiger partial charge is 0.322 e. The number of hydrogen-bond donors (Lipinski definition) is 12. The van der Waals surface area contributed by atoms with Crippen molar-refractivity contribution < 1.29 is 58.8 Å². The number of benzene rings is 2. The second kappa shape index (κ2) is 23.1. The highest BCUT2D eigenvalue weighted by molar-refractivity contribution is 5.97. The Kier molecular flexibility index (Phi) is 18.7. The predicted molar refractivity (Wildman–Crippen MR) is 197 cm³/mol. The lowest BCUT2D eigenvalue weighted by atomic mass is 10.0. The standard InChI is InChI=1S/C35H47N9O12/c36-22(17-28(48)49)30(52)43-25(16-20-8-10-21(45)11-9-20)33(55)42-24(12-13-27(46)47)32(54)44-26(15-19-5-2-1-3-6-19)34(56)41-23(7-4-14-39-35(37)38)31(53)40-18-29(50)51/h1-3,5-6,8-11,22-26,45H,4,7,12-18,36H2,(H,40,53)(H,41,56)(H,42,55)(H,43,52)(H,44,54)(H,46,47)(H,48,49)(H,50,51)(H4,37,38,39)/t22-,23-,24-,25-,26-/m0/s1. The van der Waals surface area contributed by atoms with E-state index in [1.807, 2.05) is 0 Å². The van der Waals surface area contributed by atoms with Crippen LogP contribution in [-0.4, -0.2) is 117 Å². The van der Waals surface area contributed by atoms with E-state index < -0.39 is 103 Å². The third-order valence-corrected chi connectivity index (χ3v) is 7.93. The van der Waals surface area contributed by atoms with Crippen LogP contribution in [0.4, 0.5) is 0 Å². The van der Waals surface area contributed by atoms with Gasteiger partial charge >= 0.3 is 17.9 Å². The molecule has 15 N–H and O–H groups in total. The minimum atomic E-state index is -1.62. The summed E-state index contributed by atoms with van der Waals surface area (Å²) >= 11 is 0. The first-order chi connectivity index (χ1) is 26.4. The van der Waals surface area contributed by atoms with Crippen LogP contribution in [0, 0.1) is 0 Å². The first-order valence-electron chi connectivity index (χ1n) is 17.2. The van der Waals surface area contributed by atoms with Crippen LogP contribution >= 0.6 is 0 Å². The van der Waals surface area contributed by atoms with E-state index in [0.717, 1.165) is 0 Å². The molecule has 0 aliphatic rings. The lowest BCUT2D eigenvalue weighted by Gasteiger charge is -2.27. The lowest BCUT2D eigenvalue weighted by molar-refractivity contribution is -0.140. The van der Waals surface area contributed by atoms with Crippen LogP contribution in [0.15, 0.2) is 59.6 Å². The van der Waals surface area contributed by atoms with Crippen molar-refractivity contribution in [3.05, 3.63) is 65.7 Å². The van der Waals surface area contributed by atoms with Crippen molar-refractivity contribution in [3.63, 3.8) is 0 Å². The molecule has 0 aliphatic heterocycles. The molecule has 0 spiro atoms. The summed E-state index contributed by atoms with van der Waals surface area (Å²) < 4.78 is 0. The molecule has 0 radical (unpaired) electrons. The number of nitrogens with zero attached hydrogens (tertiary/aromatic N) is 1. The van der Waals surface area contributed by atoms with Gasteiger partial charge in [0.2, 0.25) is 29.5 Å². The molecule has 0 saturated carbocycles. The minimum Gasteiger partial charge on any atom is -0.508 e. The minimum absolute atomic E-state index is 0.0540. The van der Waals surface area contributed by atoms with Gasteiger partial charge in [0.15, 0.2) is 5.96 Å². The number of carboxylic acids is 3. The van der Waals surface area contributed by atoms with E-state index in [-0.39, 0.29) is 43.9 Å². The molecular formula is C35H47N9O12. The van der Waals surface area contributed by atoms with Crippen LogP contribution < -0.4 is 43.8 Å². The summed E-state index contributed by atoms with van der Waals surface area (Å²) in [6, 6.07) is 6.41. The summed E-state index contributed by atoms with van der Waals surface area (Å²) in [5.74, 6) is -9.17.